The summed E-state index contributed by atoms with van der Waals surface area (Å²) in [6.07, 6.45) is 0. The molecule has 0 bridgehead atoms. The van der Waals surface area contributed by atoms with Gasteiger partial charge in [-0.1, -0.05) is 13.8 Å². The van der Waals surface area contributed by atoms with E-state index in [0.29, 0.717) is 17.4 Å². The van der Waals surface area contributed by atoms with Crippen LogP contribution in [0.4, 0.5) is 5.69 Å². The van der Waals surface area contributed by atoms with Crippen molar-refractivity contribution < 1.29 is 8.42 Å². The highest BCUT2D eigenvalue weighted by Gasteiger charge is 2.13. The Morgan fingerprint density at radius 1 is 1.18 bits per heavy atom. The zero-order valence-electron chi connectivity index (χ0n) is 10.5. The number of hydrogen-bond donors (Lipinski definition) is 2. The molecule has 0 aromatic heterocycles. The first-order valence-electron chi connectivity index (χ1n) is 5.79. The van der Waals surface area contributed by atoms with Crippen LogP contribution in [-0.4, -0.2) is 21.5 Å². The molecule has 1 aromatic carbocycles. The summed E-state index contributed by atoms with van der Waals surface area (Å²) < 4.78 is 26.3. The van der Waals surface area contributed by atoms with Gasteiger partial charge in [0, 0.05) is 18.8 Å². The van der Waals surface area contributed by atoms with E-state index in [1.807, 2.05) is 20.8 Å². The first-order chi connectivity index (χ1) is 7.95. The van der Waals surface area contributed by atoms with Gasteiger partial charge < -0.3 is 5.32 Å². The van der Waals surface area contributed by atoms with Crippen LogP contribution >= 0.6 is 0 Å². The molecule has 0 aliphatic carbocycles. The molecule has 0 fully saturated rings. The minimum Gasteiger partial charge on any atom is -0.385 e. The SMILES string of the molecule is CCNc1ccc(S(=O)(=O)NCC(C)C)cc1. The predicted molar refractivity (Wildman–Crippen MR) is 70.6 cm³/mol. The highest BCUT2D eigenvalue weighted by Crippen LogP contribution is 2.13. The van der Waals surface area contributed by atoms with E-state index in [4.69, 9.17) is 0 Å². The van der Waals surface area contributed by atoms with Crippen molar-refractivity contribution in [1.29, 1.82) is 0 Å². The Morgan fingerprint density at radius 2 is 1.76 bits per heavy atom. The van der Waals surface area contributed by atoms with E-state index >= 15 is 0 Å². The molecule has 17 heavy (non-hydrogen) atoms. The van der Waals surface area contributed by atoms with Crippen molar-refractivity contribution in [3.05, 3.63) is 24.3 Å². The van der Waals surface area contributed by atoms with Crippen LogP contribution in [-0.2, 0) is 10.0 Å². The summed E-state index contributed by atoms with van der Waals surface area (Å²) in [6, 6.07) is 6.77. The largest absolute Gasteiger partial charge is 0.385 e. The summed E-state index contributed by atoms with van der Waals surface area (Å²) >= 11 is 0. The molecule has 1 rings (SSSR count). The summed E-state index contributed by atoms with van der Waals surface area (Å²) in [7, 11) is -3.36. The Morgan fingerprint density at radius 3 is 2.24 bits per heavy atom. The average Bonchev–Trinajstić information content (AvgIpc) is 2.28. The third-order valence-electron chi connectivity index (χ3n) is 2.23. The van der Waals surface area contributed by atoms with Crippen LogP contribution in [0.3, 0.4) is 0 Å². The molecule has 0 radical (unpaired) electrons. The van der Waals surface area contributed by atoms with E-state index in [2.05, 4.69) is 10.0 Å². The lowest BCUT2D eigenvalue weighted by molar-refractivity contribution is 0.560. The molecular weight excluding hydrogens is 236 g/mol. The molecule has 4 nitrogen and oxygen atoms in total. The second kappa shape index (κ2) is 6.02. The lowest BCUT2D eigenvalue weighted by Crippen LogP contribution is -2.27. The molecule has 0 unspecified atom stereocenters. The first kappa shape index (κ1) is 14.0. The summed E-state index contributed by atoms with van der Waals surface area (Å²) in [4.78, 5) is 0.305. The molecule has 2 N–H and O–H groups in total. The van der Waals surface area contributed by atoms with Crippen molar-refractivity contribution in [3.8, 4) is 0 Å². The van der Waals surface area contributed by atoms with Crippen LogP contribution in [0.25, 0.3) is 0 Å². The topological polar surface area (TPSA) is 58.2 Å². The van der Waals surface area contributed by atoms with Gasteiger partial charge in [-0.3, -0.25) is 0 Å². The molecule has 5 heteroatoms. The van der Waals surface area contributed by atoms with Gasteiger partial charge in [-0.2, -0.15) is 0 Å². The standard InChI is InChI=1S/C12H20N2O2S/c1-4-13-11-5-7-12(8-6-11)17(15,16)14-9-10(2)3/h5-8,10,13-14H,4,9H2,1-3H3. The van der Waals surface area contributed by atoms with Gasteiger partial charge in [-0.15, -0.1) is 0 Å². The zero-order valence-corrected chi connectivity index (χ0v) is 11.3. The van der Waals surface area contributed by atoms with Crippen molar-refractivity contribution in [1.82, 2.24) is 4.72 Å². The average molecular weight is 256 g/mol. The molecule has 0 atom stereocenters. The molecule has 0 amide bonds. The number of rotatable bonds is 6. The van der Waals surface area contributed by atoms with Crippen LogP contribution in [0.15, 0.2) is 29.2 Å². The van der Waals surface area contributed by atoms with Crippen molar-refractivity contribution in [2.45, 2.75) is 25.7 Å². The molecule has 96 valence electrons. The van der Waals surface area contributed by atoms with Crippen LogP contribution in [0.1, 0.15) is 20.8 Å². The van der Waals surface area contributed by atoms with Gasteiger partial charge in [0.15, 0.2) is 0 Å². The smallest absolute Gasteiger partial charge is 0.240 e. The number of anilines is 1. The highest BCUT2D eigenvalue weighted by atomic mass is 32.2. The minimum absolute atomic E-state index is 0.297. The lowest BCUT2D eigenvalue weighted by atomic mass is 10.2. The number of sulfonamides is 1. The second-order valence-electron chi connectivity index (χ2n) is 4.30. The van der Waals surface area contributed by atoms with Gasteiger partial charge in [0.1, 0.15) is 0 Å². The van der Waals surface area contributed by atoms with Gasteiger partial charge in [-0.25, -0.2) is 13.1 Å². The van der Waals surface area contributed by atoms with Crippen LogP contribution in [0, 0.1) is 5.92 Å². The van der Waals surface area contributed by atoms with Crippen LogP contribution < -0.4 is 10.0 Å². The summed E-state index contributed by atoms with van der Waals surface area (Å²) in [5, 5.41) is 3.12. The third-order valence-corrected chi connectivity index (χ3v) is 3.67. The van der Waals surface area contributed by atoms with Gasteiger partial charge >= 0.3 is 0 Å². The maximum atomic E-state index is 11.9. The lowest BCUT2D eigenvalue weighted by Gasteiger charge is -2.09. The van der Waals surface area contributed by atoms with E-state index in [-0.39, 0.29) is 0 Å². The fourth-order valence-electron chi connectivity index (χ4n) is 1.32. The Hall–Kier alpha value is -1.07. The number of benzene rings is 1. The summed E-state index contributed by atoms with van der Waals surface area (Å²) in [5.74, 6) is 0.297. The summed E-state index contributed by atoms with van der Waals surface area (Å²) in [6.45, 7) is 7.21. The van der Waals surface area contributed by atoms with Crippen molar-refractivity contribution in [2.75, 3.05) is 18.4 Å². The molecule has 0 aliphatic rings. The molecule has 0 heterocycles. The normalized spacial score (nSPS) is 11.8. The minimum atomic E-state index is -3.36. The fraction of sp³-hybridized carbons (Fsp3) is 0.500. The Balaban J connectivity index is 2.77. The van der Waals surface area contributed by atoms with Crippen molar-refractivity contribution in [3.63, 3.8) is 0 Å². The molecular formula is C12H20N2O2S. The van der Waals surface area contributed by atoms with E-state index in [1.54, 1.807) is 24.3 Å². The summed E-state index contributed by atoms with van der Waals surface area (Å²) in [5.41, 5.74) is 0.926. The van der Waals surface area contributed by atoms with E-state index in [0.717, 1.165) is 12.2 Å². The first-order valence-corrected chi connectivity index (χ1v) is 7.27. The third kappa shape index (κ3) is 4.36. The quantitative estimate of drug-likeness (QED) is 0.819. The Kier molecular flexibility index (Phi) is 4.96. The molecule has 0 spiro atoms. The number of hydrogen-bond acceptors (Lipinski definition) is 3. The highest BCUT2D eigenvalue weighted by molar-refractivity contribution is 7.89. The molecule has 0 aliphatic heterocycles. The molecule has 1 aromatic rings. The predicted octanol–water partition coefficient (Wildman–Crippen LogP) is 2.05. The van der Waals surface area contributed by atoms with Gasteiger partial charge in [0.25, 0.3) is 0 Å². The van der Waals surface area contributed by atoms with Crippen molar-refractivity contribution >= 4 is 15.7 Å². The maximum absolute atomic E-state index is 11.9. The molecule has 0 saturated carbocycles. The van der Waals surface area contributed by atoms with E-state index in [9.17, 15) is 8.42 Å². The zero-order chi connectivity index (χ0) is 12.9. The second-order valence-corrected chi connectivity index (χ2v) is 6.07. The van der Waals surface area contributed by atoms with Crippen molar-refractivity contribution in [2.24, 2.45) is 5.92 Å². The Labute approximate surface area is 103 Å². The fourth-order valence-corrected chi connectivity index (χ4v) is 2.53. The van der Waals surface area contributed by atoms with Crippen LogP contribution in [0.5, 0.6) is 0 Å². The van der Waals surface area contributed by atoms with Gasteiger partial charge in [0.05, 0.1) is 4.90 Å². The van der Waals surface area contributed by atoms with Gasteiger partial charge in [0.2, 0.25) is 10.0 Å². The van der Waals surface area contributed by atoms with E-state index < -0.39 is 10.0 Å². The molecule has 0 saturated heterocycles. The Bertz CT molecular complexity index is 438. The monoisotopic (exact) mass is 256 g/mol. The van der Waals surface area contributed by atoms with Gasteiger partial charge in [-0.05, 0) is 37.1 Å². The number of nitrogens with one attached hydrogen (secondary N) is 2. The van der Waals surface area contributed by atoms with Crippen LogP contribution in [0.2, 0.25) is 0 Å². The van der Waals surface area contributed by atoms with E-state index in [1.165, 1.54) is 0 Å². The maximum Gasteiger partial charge on any atom is 0.240 e.